The Morgan fingerprint density at radius 2 is 2.35 bits per heavy atom. The molecule has 2 N–H and O–H groups in total. The molecule has 94 valence electrons. The minimum atomic E-state index is 0.351. The monoisotopic (exact) mass is 236 g/mol. The van der Waals surface area contributed by atoms with Crippen LogP contribution in [-0.4, -0.2) is 33.4 Å². The third kappa shape index (κ3) is 2.82. The van der Waals surface area contributed by atoms with E-state index in [4.69, 9.17) is 15.2 Å². The second-order valence-electron chi connectivity index (χ2n) is 4.44. The fourth-order valence-electron chi connectivity index (χ4n) is 2.14. The van der Waals surface area contributed by atoms with E-state index in [2.05, 4.69) is 11.9 Å². The standard InChI is InChI=1S/C13H20N2O2/c1-15(9-11-4-3-7-17-11)10-5-6-12(14)13(8-10)16-2/h5-6,8,11H,3-4,7,9,14H2,1-2H3. The van der Waals surface area contributed by atoms with Gasteiger partial charge in [-0.25, -0.2) is 0 Å². The van der Waals surface area contributed by atoms with Crippen LogP contribution >= 0.6 is 0 Å². The van der Waals surface area contributed by atoms with E-state index < -0.39 is 0 Å². The number of nitrogens with two attached hydrogens (primary N) is 1. The number of methoxy groups -OCH3 is 1. The lowest BCUT2D eigenvalue weighted by Crippen LogP contribution is -2.28. The normalized spacial score (nSPS) is 19.3. The largest absolute Gasteiger partial charge is 0.495 e. The van der Waals surface area contributed by atoms with Gasteiger partial charge in [0.1, 0.15) is 5.75 Å². The van der Waals surface area contributed by atoms with Crippen molar-refractivity contribution in [1.29, 1.82) is 0 Å². The summed E-state index contributed by atoms with van der Waals surface area (Å²) in [5, 5.41) is 0. The Kier molecular flexibility index (Phi) is 3.74. The Balaban J connectivity index is 2.04. The van der Waals surface area contributed by atoms with Gasteiger partial charge in [0.25, 0.3) is 0 Å². The molecule has 4 heteroatoms. The molecule has 0 aromatic heterocycles. The minimum absolute atomic E-state index is 0.351. The van der Waals surface area contributed by atoms with Crippen LogP contribution in [-0.2, 0) is 4.74 Å². The van der Waals surface area contributed by atoms with Crippen molar-refractivity contribution in [2.75, 3.05) is 37.9 Å². The molecular weight excluding hydrogens is 216 g/mol. The summed E-state index contributed by atoms with van der Waals surface area (Å²) < 4.78 is 10.9. The highest BCUT2D eigenvalue weighted by Gasteiger charge is 2.17. The lowest BCUT2D eigenvalue weighted by molar-refractivity contribution is 0.116. The Hall–Kier alpha value is -1.42. The van der Waals surface area contributed by atoms with Crippen LogP contribution in [0.2, 0.25) is 0 Å². The van der Waals surface area contributed by atoms with E-state index >= 15 is 0 Å². The Bertz CT molecular complexity index is 376. The molecule has 2 rings (SSSR count). The summed E-state index contributed by atoms with van der Waals surface area (Å²) in [6.45, 7) is 1.80. The van der Waals surface area contributed by atoms with Crippen LogP contribution in [0, 0.1) is 0 Å². The quantitative estimate of drug-likeness (QED) is 0.811. The van der Waals surface area contributed by atoms with Gasteiger partial charge in [0.15, 0.2) is 0 Å². The van der Waals surface area contributed by atoms with Gasteiger partial charge in [0.05, 0.1) is 18.9 Å². The van der Waals surface area contributed by atoms with E-state index in [1.54, 1.807) is 7.11 Å². The number of hydrogen-bond acceptors (Lipinski definition) is 4. The first-order chi connectivity index (χ1) is 8.20. The number of anilines is 2. The summed E-state index contributed by atoms with van der Waals surface area (Å²) in [4.78, 5) is 2.18. The molecule has 1 aliphatic rings. The smallest absolute Gasteiger partial charge is 0.143 e. The van der Waals surface area contributed by atoms with Crippen LogP contribution in [0.4, 0.5) is 11.4 Å². The highest BCUT2D eigenvalue weighted by Crippen LogP contribution is 2.27. The summed E-state index contributed by atoms with van der Waals surface area (Å²) in [7, 11) is 3.70. The molecule has 1 aliphatic heterocycles. The zero-order valence-electron chi connectivity index (χ0n) is 10.5. The van der Waals surface area contributed by atoms with Crippen LogP contribution in [0.1, 0.15) is 12.8 Å². The summed E-state index contributed by atoms with van der Waals surface area (Å²) in [6.07, 6.45) is 2.67. The van der Waals surface area contributed by atoms with Gasteiger partial charge in [-0.15, -0.1) is 0 Å². The second-order valence-corrected chi connectivity index (χ2v) is 4.44. The molecule has 1 fully saturated rings. The van der Waals surface area contributed by atoms with Gasteiger partial charge in [-0.3, -0.25) is 0 Å². The van der Waals surface area contributed by atoms with Crippen LogP contribution in [0.3, 0.4) is 0 Å². The zero-order chi connectivity index (χ0) is 12.3. The topological polar surface area (TPSA) is 47.7 Å². The van der Waals surface area contributed by atoms with Crippen molar-refractivity contribution in [3.05, 3.63) is 18.2 Å². The fraction of sp³-hybridized carbons (Fsp3) is 0.538. The maximum Gasteiger partial charge on any atom is 0.143 e. The van der Waals surface area contributed by atoms with Gasteiger partial charge in [-0.05, 0) is 25.0 Å². The molecular formula is C13H20N2O2. The molecule has 0 amide bonds. The van der Waals surface area contributed by atoms with Gasteiger partial charge in [0, 0.05) is 32.0 Å². The molecule has 0 aliphatic carbocycles. The number of rotatable bonds is 4. The molecule has 1 aromatic carbocycles. The molecule has 1 saturated heterocycles. The van der Waals surface area contributed by atoms with E-state index in [-0.39, 0.29) is 0 Å². The third-order valence-corrected chi connectivity index (χ3v) is 3.16. The first-order valence-electron chi connectivity index (χ1n) is 5.97. The molecule has 0 spiro atoms. The maximum atomic E-state index is 5.80. The van der Waals surface area contributed by atoms with Crippen LogP contribution < -0.4 is 15.4 Å². The molecule has 1 unspecified atom stereocenters. The van der Waals surface area contributed by atoms with Gasteiger partial charge >= 0.3 is 0 Å². The lowest BCUT2D eigenvalue weighted by Gasteiger charge is -2.23. The van der Waals surface area contributed by atoms with Crippen molar-refractivity contribution >= 4 is 11.4 Å². The maximum absolute atomic E-state index is 5.80. The zero-order valence-corrected chi connectivity index (χ0v) is 10.5. The van der Waals surface area contributed by atoms with Gasteiger partial charge in [-0.2, -0.15) is 0 Å². The summed E-state index contributed by atoms with van der Waals surface area (Å²) >= 11 is 0. The summed E-state index contributed by atoms with van der Waals surface area (Å²) in [5.74, 6) is 0.724. The number of nitrogens with zero attached hydrogens (tertiary/aromatic N) is 1. The average Bonchev–Trinajstić information content (AvgIpc) is 2.82. The van der Waals surface area contributed by atoms with Gasteiger partial charge < -0.3 is 20.1 Å². The lowest BCUT2D eigenvalue weighted by atomic mass is 10.2. The molecule has 0 saturated carbocycles. The van der Waals surface area contributed by atoms with Crippen LogP contribution in [0.25, 0.3) is 0 Å². The van der Waals surface area contributed by atoms with Crippen molar-refractivity contribution in [2.24, 2.45) is 0 Å². The predicted octanol–water partition coefficient (Wildman–Crippen LogP) is 1.89. The number of hydrogen-bond donors (Lipinski definition) is 1. The van der Waals surface area contributed by atoms with E-state index in [1.165, 1.54) is 6.42 Å². The second kappa shape index (κ2) is 5.27. The highest BCUT2D eigenvalue weighted by atomic mass is 16.5. The molecule has 0 radical (unpaired) electrons. The van der Waals surface area contributed by atoms with Gasteiger partial charge in [0.2, 0.25) is 0 Å². The van der Waals surface area contributed by atoms with Crippen molar-refractivity contribution in [1.82, 2.24) is 0 Å². The van der Waals surface area contributed by atoms with E-state index in [9.17, 15) is 0 Å². The number of nitrogen functional groups attached to an aromatic ring is 1. The molecule has 1 heterocycles. The summed E-state index contributed by atoms with van der Waals surface area (Å²) in [5.41, 5.74) is 7.57. The highest BCUT2D eigenvalue weighted by molar-refractivity contribution is 5.62. The SMILES string of the molecule is COc1cc(N(C)CC2CCCO2)ccc1N. The van der Waals surface area contributed by atoms with Crippen molar-refractivity contribution < 1.29 is 9.47 Å². The molecule has 0 bridgehead atoms. The van der Waals surface area contributed by atoms with E-state index in [0.29, 0.717) is 11.8 Å². The fourth-order valence-corrected chi connectivity index (χ4v) is 2.14. The Morgan fingerprint density at radius 3 is 3.00 bits per heavy atom. The number of benzene rings is 1. The van der Waals surface area contributed by atoms with Gasteiger partial charge in [-0.1, -0.05) is 0 Å². The number of likely N-dealkylation sites (N-methyl/N-ethyl adjacent to an activating group) is 1. The summed E-state index contributed by atoms with van der Waals surface area (Å²) in [6, 6.07) is 5.84. The van der Waals surface area contributed by atoms with E-state index in [0.717, 1.165) is 31.0 Å². The minimum Gasteiger partial charge on any atom is -0.495 e. The van der Waals surface area contributed by atoms with E-state index in [1.807, 2.05) is 18.2 Å². The van der Waals surface area contributed by atoms with Crippen molar-refractivity contribution in [2.45, 2.75) is 18.9 Å². The molecule has 17 heavy (non-hydrogen) atoms. The number of ether oxygens (including phenoxy) is 2. The molecule has 1 aromatic rings. The first-order valence-corrected chi connectivity index (χ1v) is 5.97. The third-order valence-electron chi connectivity index (χ3n) is 3.16. The van der Waals surface area contributed by atoms with Crippen LogP contribution in [0.5, 0.6) is 5.75 Å². The average molecular weight is 236 g/mol. The first kappa shape index (κ1) is 12.0. The Morgan fingerprint density at radius 1 is 1.53 bits per heavy atom. The predicted molar refractivity (Wildman–Crippen MR) is 69.7 cm³/mol. The molecule has 4 nitrogen and oxygen atoms in total. The Labute approximate surface area is 102 Å². The van der Waals surface area contributed by atoms with Crippen LogP contribution in [0.15, 0.2) is 18.2 Å². The van der Waals surface area contributed by atoms with Crippen molar-refractivity contribution in [3.63, 3.8) is 0 Å². The van der Waals surface area contributed by atoms with Crippen molar-refractivity contribution in [3.8, 4) is 5.75 Å². The molecule has 1 atom stereocenters.